The third kappa shape index (κ3) is 4.08. The van der Waals surface area contributed by atoms with Crippen molar-refractivity contribution in [2.24, 2.45) is 0 Å². The lowest BCUT2D eigenvalue weighted by Crippen LogP contribution is -2.19. The number of ether oxygens (including phenoxy) is 1. The van der Waals surface area contributed by atoms with E-state index in [1.54, 1.807) is 18.2 Å². The highest BCUT2D eigenvalue weighted by molar-refractivity contribution is 6.31. The van der Waals surface area contributed by atoms with Crippen LogP contribution in [0.2, 0.25) is 5.02 Å². The summed E-state index contributed by atoms with van der Waals surface area (Å²) >= 11 is 5.94. The minimum absolute atomic E-state index is 0.228. The largest absolute Gasteiger partial charge is 0.508 e. The van der Waals surface area contributed by atoms with Crippen LogP contribution in [0, 0.1) is 0 Å². The van der Waals surface area contributed by atoms with Crippen LogP contribution in [0.1, 0.15) is 12.5 Å². The van der Waals surface area contributed by atoms with E-state index in [0.717, 1.165) is 18.7 Å². The van der Waals surface area contributed by atoms with Crippen LogP contribution in [0.4, 0.5) is 0 Å². The first-order valence-corrected chi connectivity index (χ1v) is 5.38. The highest BCUT2D eigenvalue weighted by Crippen LogP contribution is 2.24. The van der Waals surface area contributed by atoms with E-state index in [1.165, 1.54) is 0 Å². The summed E-state index contributed by atoms with van der Waals surface area (Å²) in [4.78, 5) is 0. The molecule has 0 unspecified atom stereocenters. The zero-order chi connectivity index (χ0) is 11.1. The van der Waals surface area contributed by atoms with Crippen LogP contribution in [0.5, 0.6) is 5.75 Å². The summed E-state index contributed by atoms with van der Waals surface area (Å²) < 4.78 is 5.17. The van der Waals surface area contributed by atoms with E-state index in [1.807, 2.05) is 6.92 Å². The van der Waals surface area contributed by atoms with Gasteiger partial charge in [-0.3, -0.25) is 0 Å². The molecule has 0 aliphatic heterocycles. The number of rotatable bonds is 6. The lowest BCUT2D eigenvalue weighted by atomic mass is 10.2. The van der Waals surface area contributed by atoms with Crippen LogP contribution in [0.3, 0.4) is 0 Å². The molecule has 4 heteroatoms. The first-order valence-electron chi connectivity index (χ1n) is 5.00. The number of nitrogens with one attached hydrogen (secondary N) is 1. The second-order valence-corrected chi connectivity index (χ2v) is 3.52. The molecule has 0 fully saturated rings. The molecule has 15 heavy (non-hydrogen) atoms. The average molecular weight is 230 g/mol. The Morgan fingerprint density at radius 2 is 2.27 bits per heavy atom. The molecular weight excluding hydrogens is 214 g/mol. The lowest BCUT2D eigenvalue weighted by Gasteiger charge is -2.08. The number of hydrogen-bond donors (Lipinski definition) is 2. The molecule has 0 amide bonds. The van der Waals surface area contributed by atoms with E-state index in [9.17, 15) is 5.11 Å². The van der Waals surface area contributed by atoms with E-state index >= 15 is 0 Å². The average Bonchev–Trinajstić information content (AvgIpc) is 2.21. The minimum Gasteiger partial charge on any atom is -0.508 e. The first-order chi connectivity index (χ1) is 7.25. The number of benzene rings is 1. The van der Waals surface area contributed by atoms with Crippen molar-refractivity contribution in [1.82, 2.24) is 5.32 Å². The number of phenols is 1. The van der Waals surface area contributed by atoms with E-state index in [4.69, 9.17) is 16.3 Å². The fourth-order valence-electron chi connectivity index (χ4n) is 1.22. The zero-order valence-electron chi connectivity index (χ0n) is 8.79. The third-order valence-electron chi connectivity index (χ3n) is 2.02. The van der Waals surface area contributed by atoms with Crippen molar-refractivity contribution in [2.75, 3.05) is 19.8 Å². The summed E-state index contributed by atoms with van der Waals surface area (Å²) in [7, 11) is 0. The predicted molar refractivity (Wildman–Crippen MR) is 61.3 cm³/mol. The molecule has 3 nitrogen and oxygen atoms in total. The molecule has 0 bridgehead atoms. The minimum atomic E-state index is 0.228. The van der Waals surface area contributed by atoms with Crippen molar-refractivity contribution in [3.05, 3.63) is 28.8 Å². The van der Waals surface area contributed by atoms with Crippen molar-refractivity contribution in [3.8, 4) is 5.75 Å². The quantitative estimate of drug-likeness (QED) is 0.735. The van der Waals surface area contributed by atoms with Crippen LogP contribution in [-0.4, -0.2) is 24.9 Å². The Morgan fingerprint density at radius 3 is 2.93 bits per heavy atom. The molecule has 0 spiro atoms. The predicted octanol–water partition coefficient (Wildman–Crippen LogP) is 2.17. The Labute approximate surface area is 95.0 Å². The Hall–Kier alpha value is -0.770. The van der Waals surface area contributed by atoms with Crippen molar-refractivity contribution < 1.29 is 9.84 Å². The Kier molecular flexibility index (Phi) is 5.47. The molecule has 1 aromatic carbocycles. The van der Waals surface area contributed by atoms with Crippen LogP contribution in [0.25, 0.3) is 0 Å². The second kappa shape index (κ2) is 6.67. The molecule has 0 saturated heterocycles. The van der Waals surface area contributed by atoms with Gasteiger partial charge in [0.2, 0.25) is 0 Å². The fraction of sp³-hybridized carbons (Fsp3) is 0.455. The van der Waals surface area contributed by atoms with E-state index in [2.05, 4.69) is 5.32 Å². The highest BCUT2D eigenvalue weighted by Gasteiger charge is 2.04. The van der Waals surface area contributed by atoms with Gasteiger partial charge in [-0.2, -0.15) is 0 Å². The summed E-state index contributed by atoms with van der Waals surface area (Å²) in [5.74, 6) is 0.228. The van der Waals surface area contributed by atoms with Crippen molar-refractivity contribution in [1.29, 1.82) is 0 Å². The Morgan fingerprint density at radius 1 is 1.47 bits per heavy atom. The topological polar surface area (TPSA) is 41.5 Å². The summed E-state index contributed by atoms with van der Waals surface area (Å²) in [6.07, 6.45) is 0. The summed E-state index contributed by atoms with van der Waals surface area (Å²) in [6.45, 7) is 4.65. The maximum atomic E-state index is 9.54. The van der Waals surface area contributed by atoms with Crippen LogP contribution < -0.4 is 5.32 Å². The number of aromatic hydroxyl groups is 1. The van der Waals surface area contributed by atoms with Crippen molar-refractivity contribution in [3.63, 3.8) is 0 Å². The zero-order valence-corrected chi connectivity index (χ0v) is 9.55. The molecule has 0 atom stereocenters. The van der Waals surface area contributed by atoms with Crippen LogP contribution >= 0.6 is 11.6 Å². The van der Waals surface area contributed by atoms with E-state index in [-0.39, 0.29) is 5.75 Å². The molecule has 2 N–H and O–H groups in total. The van der Waals surface area contributed by atoms with Crippen molar-refractivity contribution in [2.45, 2.75) is 13.5 Å². The van der Waals surface area contributed by atoms with Gasteiger partial charge in [0, 0.05) is 30.3 Å². The van der Waals surface area contributed by atoms with E-state index in [0.29, 0.717) is 18.2 Å². The van der Waals surface area contributed by atoms with E-state index < -0.39 is 0 Å². The number of halogens is 1. The molecular formula is C11H16ClNO2. The van der Waals surface area contributed by atoms with Gasteiger partial charge in [0.05, 0.1) is 6.61 Å². The molecule has 0 aliphatic rings. The fourth-order valence-corrected chi connectivity index (χ4v) is 1.46. The normalized spacial score (nSPS) is 10.5. The van der Waals surface area contributed by atoms with Gasteiger partial charge in [-0.05, 0) is 19.1 Å². The van der Waals surface area contributed by atoms with Gasteiger partial charge in [0.25, 0.3) is 0 Å². The summed E-state index contributed by atoms with van der Waals surface area (Å²) in [5.41, 5.74) is 0.732. The molecule has 1 rings (SSSR count). The molecule has 0 aromatic heterocycles. The Bertz CT molecular complexity index is 284. The van der Waals surface area contributed by atoms with Gasteiger partial charge < -0.3 is 15.2 Å². The van der Waals surface area contributed by atoms with Gasteiger partial charge >= 0.3 is 0 Å². The molecule has 0 saturated carbocycles. The summed E-state index contributed by atoms with van der Waals surface area (Å²) in [6, 6.07) is 5.12. The maximum Gasteiger partial charge on any atom is 0.121 e. The summed E-state index contributed by atoms with van der Waals surface area (Å²) in [5, 5.41) is 13.3. The van der Waals surface area contributed by atoms with Gasteiger partial charge in [0.15, 0.2) is 0 Å². The molecule has 0 aliphatic carbocycles. The number of hydrogen-bond acceptors (Lipinski definition) is 3. The van der Waals surface area contributed by atoms with Crippen molar-refractivity contribution >= 4 is 11.6 Å². The van der Waals surface area contributed by atoms with Gasteiger partial charge in [-0.1, -0.05) is 17.7 Å². The van der Waals surface area contributed by atoms with Gasteiger partial charge in [-0.25, -0.2) is 0 Å². The monoisotopic (exact) mass is 229 g/mol. The Balaban J connectivity index is 2.37. The first kappa shape index (κ1) is 12.3. The molecule has 0 heterocycles. The van der Waals surface area contributed by atoms with Crippen LogP contribution in [-0.2, 0) is 11.3 Å². The second-order valence-electron chi connectivity index (χ2n) is 3.11. The molecule has 84 valence electrons. The smallest absolute Gasteiger partial charge is 0.121 e. The number of phenolic OH excluding ortho intramolecular Hbond substituents is 1. The SMILES string of the molecule is CCOCCNCc1c(O)cccc1Cl. The van der Waals surface area contributed by atoms with Gasteiger partial charge in [-0.15, -0.1) is 0 Å². The molecule has 0 radical (unpaired) electrons. The standard InChI is InChI=1S/C11H16ClNO2/c1-2-15-7-6-13-8-9-10(12)4-3-5-11(9)14/h3-5,13-14H,2,6-8H2,1H3. The third-order valence-corrected chi connectivity index (χ3v) is 2.38. The van der Waals surface area contributed by atoms with Crippen LogP contribution in [0.15, 0.2) is 18.2 Å². The maximum absolute atomic E-state index is 9.54. The van der Waals surface area contributed by atoms with Gasteiger partial charge in [0.1, 0.15) is 5.75 Å². The highest BCUT2D eigenvalue weighted by atomic mass is 35.5. The molecule has 1 aromatic rings. The lowest BCUT2D eigenvalue weighted by molar-refractivity contribution is 0.149.